The lowest BCUT2D eigenvalue weighted by molar-refractivity contribution is -0.113. The Morgan fingerprint density at radius 3 is 2.73 bits per heavy atom. The Bertz CT molecular complexity index is 1200. The lowest BCUT2D eigenvalue weighted by atomic mass is 10.2. The van der Waals surface area contributed by atoms with E-state index in [0.717, 1.165) is 27.3 Å². The second-order valence-corrected chi connectivity index (χ2v) is 8.26. The molecule has 30 heavy (non-hydrogen) atoms. The van der Waals surface area contributed by atoms with Gasteiger partial charge in [0.25, 0.3) is 0 Å². The summed E-state index contributed by atoms with van der Waals surface area (Å²) in [7, 11) is 5.11. The number of carbonyl (C=O) groups is 1. The average Bonchev–Trinajstić information content (AvgIpc) is 3.34. The SMILES string of the molecule is COc1cccc(-c2nnc(SCC(=O)Nc3nc4ccc(OC)cc4s3)n2C)c1. The van der Waals surface area contributed by atoms with E-state index < -0.39 is 0 Å². The van der Waals surface area contributed by atoms with Gasteiger partial charge < -0.3 is 19.4 Å². The number of nitrogens with one attached hydrogen (secondary N) is 1. The largest absolute Gasteiger partial charge is 0.497 e. The molecule has 10 heteroatoms. The van der Waals surface area contributed by atoms with Crippen molar-refractivity contribution in [2.75, 3.05) is 25.3 Å². The van der Waals surface area contributed by atoms with Crippen LogP contribution in [0.2, 0.25) is 0 Å². The first-order valence-electron chi connectivity index (χ1n) is 8.98. The van der Waals surface area contributed by atoms with Gasteiger partial charge in [0.2, 0.25) is 5.91 Å². The molecule has 1 N–H and O–H groups in total. The van der Waals surface area contributed by atoms with E-state index in [2.05, 4.69) is 20.5 Å². The minimum absolute atomic E-state index is 0.156. The zero-order valence-electron chi connectivity index (χ0n) is 16.6. The fourth-order valence-electron chi connectivity index (χ4n) is 2.82. The number of carbonyl (C=O) groups excluding carboxylic acids is 1. The van der Waals surface area contributed by atoms with Crippen LogP contribution in [0.5, 0.6) is 11.5 Å². The summed E-state index contributed by atoms with van der Waals surface area (Å²) in [5, 5.41) is 12.5. The maximum Gasteiger partial charge on any atom is 0.236 e. The summed E-state index contributed by atoms with van der Waals surface area (Å²) >= 11 is 2.72. The Hall–Kier alpha value is -3.11. The normalized spacial score (nSPS) is 10.9. The van der Waals surface area contributed by atoms with Gasteiger partial charge in [-0.2, -0.15) is 0 Å². The second kappa shape index (κ2) is 8.72. The van der Waals surface area contributed by atoms with Crippen LogP contribution in [0.25, 0.3) is 21.6 Å². The molecule has 0 atom stereocenters. The molecule has 0 aliphatic carbocycles. The summed E-state index contributed by atoms with van der Waals surface area (Å²) in [6.45, 7) is 0. The molecule has 0 bridgehead atoms. The number of anilines is 1. The summed E-state index contributed by atoms with van der Waals surface area (Å²) in [4.78, 5) is 16.8. The average molecular weight is 442 g/mol. The van der Waals surface area contributed by atoms with Gasteiger partial charge in [0.05, 0.1) is 30.2 Å². The first-order chi connectivity index (χ1) is 14.6. The first-order valence-corrected chi connectivity index (χ1v) is 10.8. The number of fused-ring (bicyclic) bond motifs is 1. The molecule has 2 heterocycles. The molecule has 0 radical (unpaired) electrons. The van der Waals surface area contributed by atoms with E-state index in [9.17, 15) is 4.79 Å². The molecule has 1 amide bonds. The fourth-order valence-corrected chi connectivity index (χ4v) is 4.45. The molecule has 2 aromatic carbocycles. The third-order valence-corrected chi connectivity index (χ3v) is 6.29. The maximum atomic E-state index is 12.4. The van der Waals surface area contributed by atoms with E-state index in [1.165, 1.54) is 23.1 Å². The van der Waals surface area contributed by atoms with Crippen LogP contribution >= 0.6 is 23.1 Å². The summed E-state index contributed by atoms with van der Waals surface area (Å²) in [6, 6.07) is 13.2. The number of thioether (sulfide) groups is 1. The number of aromatic nitrogens is 4. The number of benzene rings is 2. The Balaban J connectivity index is 1.41. The monoisotopic (exact) mass is 441 g/mol. The van der Waals surface area contributed by atoms with Gasteiger partial charge in [-0.15, -0.1) is 10.2 Å². The highest BCUT2D eigenvalue weighted by molar-refractivity contribution is 7.99. The van der Waals surface area contributed by atoms with Crippen LogP contribution in [-0.2, 0) is 11.8 Å². The highest BCUT2D eigenvalue weighted by Gasteiger charge is 2.14. The molecule has 154 valence electrons. The number of hydrogen-bond donors (Lipinski definition) is 1. The van der Waals surface area contributed by atoms with Gasteiger partial charge in [-0.05, 0) is 30.3 Å². The summed E-state index contributed by atoms with van der Waals surface area (Å²) in [5.74, 6) is 2.25. The van der Waals surface area contributed by atoms with Crippen LogP contribution < -0.4 is 14.8 Å². The molecule has 4 rings (SSSR count). The topological polar surface area (TPSA) is 91.2 Å². The first kappa shape index (κ1) is 20.2. The molecule has 0 saturated carbocycles. The van der Waals surface area contributed by atoms with Gasteiger partial charge in [0.1, 0.15) is 11.5 Å². The molecule has 0 aliphatic heterocycles. The van der Waals surface area contributed by atoms with Crippen molar-refractivity contribution in [3.05, 3.63) is 42.5 Å². The van der Waals surface area contributed by atoms with E-state index >= 15 is 0 Å². The van der Waals surface area contributed by atoms with Gasteiger partial charge in [-0.3, -0.25) is 4.79 Å². The second-order valence-electron chi connectivity index (χ2n) is 6.29. The number of hydrogen-bond acceptors (Lipinski definition) is 8. The number of nitrogens with zero attached hydrogens (tertiary/aromatic N) is 4. The van der Waals surface area contributed by atoms with Crippen LogP contribution in [0, 0.1) is 0 Å². The van der Waals surface area contributed by atoms with Crippen molar-refractivity contribution in [1.29, 1.82) is 0 Å². The van der Waals surface area contributed by atoms with Crippen molar-refractivity contribution in [2.24, 2.45) is 7.05 Å². The van der Waals surface area contributed by atoms with Gasteiger partial charge in [0, 0.05) is 12.6 Å². The number of methoxy groups -OCH3 is 2. The van der Waals surface area contributed by atoms with Crippen LogP contribution in [0.15, 0.2) is 47.6 Å². The van der Waals surface area contributed by atoms with Crippen LogP contribution in [-0.4, -0.2) is 45.6 Å². The van der Waals surface area contributed by atoms with E-state index in [0.29, 0.717) is 16.1 Å². The third-order valence-electron chi connectivity index (χ3n) is 4.34. The summed E-state index contributed by atoms with van der Waals surface area (Å²) in [5.41, 5.74) is 1.71. The van der Waals surface area contributed by atoms with Crippen molar-refractivity contribution in [3.63, 3.8) is 0 Å². The molecule has 0 spiro atoms. The minimum Gasteiger partial charge on any atom is -0.497 e. The lowest BCUT2D eigenvalue weighted by Gasteiger charge is -2.05. The van der Waals surface area contributed by atoms with Gasteiger partial charge in [-0.1, -0.05) is 35.2 Å². The maximum absolute atomic E-state index is 12.4. The van der Waals surface area contributed by atoms with Crippen LogP contribution in [0.1, 0.15) is 0 Å². The number of ether oxygens (including phenoxy) is 2. The van der Waals surface area contributed by atoms with Crippen molar-refractivity contribution in [1.82, 2.24) is 19.7 Å². The Morgan fingerprint density at radius 2 is 1.93 bits per heavy atom. The summed E-state index contributed by atoms with van der Waals surface area (Å²) < 4.78 is 13.3. The van der Waals surface area contributed by atoms with Gasteiger partial charge >= 0.3 is 0 Å². The minimum atomic E-state index is -0.156. The molecular formula is C20H19N5O3S2. The number of rotatable bonds is 7. The van der Waals surface area contributed by atoms with E-state index in [1.807, 2.05) is 54.1 Å². The van der Waals surface area contributed by atoms with Crippen molar-refractivity contribution in [2.45, 2.75) is 5.16 Å². The van der Waals surface area contributed by atoms with Crippen molar-refractivity contribution >= 4 is 44.4 Å². The molecule has 0 unspecified atom stereocenters. The van der Waals surface area contributed by atoms with E-state index in [4.69, 9.17) is 9.47 Å². The Kier molecular flexibility index (Phi) is 5.86. The molecule has 4 aromatic rings. The van der Waals surface area contributed by atoms with E-state index in [-0.39, 0.29) is 11.7 Å². The highest BCUT2D eigenvalue weighted by Crippen LogP contribution is 2.30. The van der Waals surface area contributed by atoms with Gasteiger partial charge in [-0.25, -0.2) is 4.98 Å². The van der Waals surface area contributed by atoms with Crippen molar-refractivity contribution < 1.29 is 14.3 Å². The standard InChI is InChI=1S/C20H19N5O3S2/c1-25-18(12-5-4-6-13(9-12)27-2)23-24-20(25)29-11-17(26)22-19-21-15-8-7-14(28-3)10-16(15)30-19/h4-10H,11H2,1-3H3,(H,21,22,26). The number of amides is 1. The molecule has 0 fully saturated rings. The molecule has 8 nitrogen and oxygen atoms in total. The Labute approximate surface area is 181 Å². The quantitative estimate of drug-likeness (QED) is 0.436. The predicted octanol–water partition coefficient (Wildman–Crippen LogP) is 3.84. The lowest BCUT2D eigenvalue weighted by Crippen LogP contribution is -2.14. The third kappa shape index (κ3) is 4.24. The van der Waals surface area contributed by atoms with E-state index in [1.54, 1.807) is 14.2 Å². The van der Waals surface area contributed by atoms with Crippen LogP contribution in [0.4, 0.5) is 5.13 Å². The zero-order valence-corrected chi connectivity index (χ0v) is 18.2. The molecular weight excluding hydrogens is 422 g/mol. The van der Waals surface area contributed by atoms with Crippen molar-refractivity contribution in [3.8, 4) is 22.9 Å². The zero-order chi connectivity index (χ0) is 21.1. The summed E-state index contributed by atoms with van der Waals surface area (Å²) in [6.07, 6.45) is 0. The highest BCUT2D eigenvalue weighted by atomic mass is 32.2. The fraction of sp³-hybridized carbons (Fsp3) is 0.200. The molecule has 0 saturated heterocycles. The molecule has 0 aliphatic rings. The Morgan fingerprint density at radius 1 is 1.13 bits per heavy atom. The smallest absolute Gasteiger partial charge is 0.236 e. The molecule has 2 aromatic heterocycles. The van der Waals surface area contributed by atoms with Crippen LogP contribution in [0.3, 0.4) is 0 Å². The predicted molar refractivity (Wildman–Crippen MR) is 119 cm³/mol. The van der Waals surface area contributed by atoms with Gasteiger partial charge in [0.15, 0.2) is 16.1 Å². The number of thiazole rings is 1.